The van der Waals surface area contributed by atoms with Crippen molar-refractivity contribution in [1.82, 2.24) is 10.6 Å². The second-order valence-corrected chi connectivity index (χ2v) is 4.09. The number of carbonyl (C=O) groups is 3. The van der Waals surface area contributed by atoms with E-state index in [1.54, 1.807) is 0 Å². The molecule has 0 rings (SSSR count). The number of carboxylic acid groups (broad SMARTS) is 1. The Balaban J connectivity index is 3.59. The van der Waals surface area contributed by atoms with E-state index in [0.29, 0.717) is 19.8 Å². The number of carboxylic acids is 1. The molecule has 0 saturated heterocycles. The minimum atomic E-state index is -1.01. The third-order valence-electron chi connectivity index (χ3n) is 2.36. The zero-order valence-electron chi connectivity index (χ0n) is 11.4. The lowest BCUT2D eigenvalue weighted by atomic mass is 10.1. The predicted octanol–water partition coefficient (Wildman–Crippen LogP) is -0.244. The Bertz CT molecular complexity index is 306. The molecule has 0 saturated carbocycles. The largest absolute Gasteiger partial charge is 0.481 e. The van der Waals surface area contributed by atoms with Crippen molar-refractivity contribution in [3.63, 3.8) is 0 Å². The zero-order valence-corrected chi connectivity index (χ0v) is 11.4. The van der Waals surface area contributed by atoms with Gasteiger partial charge < -0.3 is 20.5 Å². The molecule has 0 spiro atoms. The highest BCUT2D eigenvalue weighted by atomic mass is 16.5. The van der Waals surface area contributed by atoms with Crippen LogP contribution >= 0.6 is 0 Å². The van der Waals surface area contributed by atoms with E-state index in [0.717, 1.165) is 0 Å². The second-order valence-electron chi connectivity index (χ2n) is 4.09. The topological polar surface area (TPSA) is 105 Å². The first-order valence-electron chi connectivity index (χ1n) is 6.31. The van der Waals surface area contributed by atoms with E-state index in [-0.39, 0.29) is 31.2 Å². The van der Waals surface area contributed by atoms with Gasteiger partial charge in [0.1, 0.15) is 0 Å². The van der Waals surface area contributed by atoms with Crippen LogP contribution in [-0.4, -0.2) is 49.2 Å². The van der Waals surface area contributed by atoms with Crippen molar-refractivity contribution in [1.29, 1.82) is 0 Å². The summed E-state index contributed by atoms with van der Waals surface area (Å²) in [5, 5.41) is 13.8. The van der Waals surface area contributed by atoms with E-state index in [4.69, 9.17) is 9.84 Å². The fourth-order valence-corrected chi connectivity index (χ4v) is 1.25. The van der Waals surface area contributed by atoms with Crippen molar-refractivity contribution >= 4 is 17.8 Å². The Morgan fingerprint density at radius 1 is 1.16 bits per heavy atom. The van der Waals surface area contributed by atoms with Crippen molar-refractivity contribution in [3.8, 4) is 0 Å². The van der Waals surface area contributed by atoms with Gasteiger partial charge in [-0.3, -0.25) is 14.4 Å². The Hall–Kier alpha value is -1.63. The number of carbonyl (C=O) groups excluding carboxylic acids is 2. The number of hydrogen-bond donors (Lipinski definition) is 3. The van der Waals surface area contributed by atoms with Crippen molar-refractivity contribution in [3.05, 3.63) is 0 Å². The second kappa shape index (κ2) is 10.3. The summed E-state index contributed by atoms with van der Waals surface area (Å²) >= 11 is 0. The maximum Gasteiger partial charge on any atom is 0.306 e. The average Bonchev–Trinajstić information content (AvgIpc) is 2.34. The first kappa shape index (κ1) is 17.4. The predicted molar refractivity (Wildman–Crippen MR) is 68.5 cm³/mol. The Morgan fingerprint density at radius 3 is 2.37 bits per heavy atom. The van der Waals surface area contributed by atoms with Gasteiger partial charge in [0.25, 0.3) is 0 Å². The van der Waals surface area contributed by atoms with Crippen molar-refractivity contribution in [2.75, 3.05) is 26.3 Å². The SMILES string of the molecule is CCOCCNC(=O)CCNC(=O)CC(C)C(=O)O. The minimum Gasteiger partial charge on any atom is -0.481 e. The molecule has 3 N–H and O–H groups in total. The molecule has 0 fully saturated rings. The summed E-state index contributed by atoms with van der Waals surface area (Å²) < 4.78 is 5.05. The van der Waals surface area contributed by atoms with E-state index in [9.17, 15) is 14.4 Å². The maximum atomic E-state index is 11.3. The lowest BCUT2D eigenvalue weighted by molar-refractivity contribution is -0.143. The van der Waals surface area contributed by atoms with Crippen LogP contribution in [0.4, 0.5) is 0 Å². The Labute approximate surface area is 112 Å². The van der Waals surface area contributed by atoms with E-state index in [1.807, 2.05) is 6.92 Å². The highest BCUT2D eigenvalue weighted by molar-refractivity contribution is 5.82. The van der Waals surface area contributed by atoms with Crippen molar-refractivity contribution in [2.45, 2.75) is 26.7 Å². The van der Waals surface area contributed by atoms with Gasteiger partial charge in [0, 0.05) is 32.5 Å². The van der Waals surface area contributed by atoms with Crippen molar-refractivity contribution < 1.29 is 24.2 Å². The molecule has 2 amide bonds. The number of hydrogen-bond acceptors (Lipinski definition) is 4. The molecule has 0 bridgehead atoms. The lowest BCUT2D eigenvalue weighted by Gasteiger charge is -2.08. The monoisotopic (exact) mass is 274 g/mol. The Morgan fingerprint density at radius 2 is 1.79 bits per heavy atom. The van der Waals surface area contributed by atoms with Crippen LogP contribution < -0.4 is 10.6 Å². The molecule has 0 aliphatic carbocycles. The number of rotatable bonds is 10. The van der Waals surface area contributed by atoms with Crippen molar-refractivity contribution in [2.24, 2.45) is 5.92 Å². The van der Waals surface area contributed by atoms with Crippen LogP contribution in [0.25, 0.3) is 0 Å². The number of ether oxygens (including phenoxy) is 1. The van der Waals surface area contributed by atoms with Gasteiger partial charge in [0.05, 0.1) is 12.5 Å². The van der Waals surface area contributed by atoms with E-state index >= 15 is 0 Å². The molecular formula is C12H22N2O5. The van der Waals surface area contributed by atoms with Crippen LogP contribution in [0.2, 0.25) is 0 Å². The third kappa shape index (κ3) is 10.0. The fraction of sp³-hybridized carbons (Fsp3) is 0.750. The number of aliphatic carboxylic acids is 1. The first-order valence-corrected chi connectivity index (χ1v) is 6.31. The summed E-state index contributed by atoms with van der Waals surface area (Å²) in [6, 6.07) is 0. The van der Waals surface area contributed by atoms with Gasteiger partial charge in [-0.1, -0.05) is 6.92 Å². The van der Waals surface area contributed by atoms with E-state index < -0.39 is 11.9 Å². The van der Waals surface area contributed by atoms with E-state index in [2.05, 4.69) is 10.6 Å². The van der Waals surface area contributed by atoms with E-state index in [1.165, 1.54) is 6.92 Å². The molecular weight excluding hydrogens is 252 g/mol. The van der Waals surface area contributed by atoms with Crippen LogP contribution in [0.1, 0.15) is 26.7 Å². The summed E-state index contributed by atoms with van der Waals surface area (Å²) in [7, 11) is 0. The third-order valence-corrected chi connectivity index (χ3v) is 2.36. The summed E-state index contributed by atoms with van der Waals surface area (Å²) in [4.78, 5) is 33.2. The van der Waals surface area contributed by atoms with Crippen LogP contribution in [0.15, 0.2) is 0 Å². The van der Waals surface area contributed by atoms with Crippen LogP contribution in [-0.2, 0) is 19.1 Å². The molecule has 110 valence electrons. The molecule has 0 aromatic rings. The van der Waals surface area contributed by atoms with Crippen LogP contribution in [0, 0.1) is 5.92 Å². The smallest absolute Gasteiger partial charge is 0.306 e. The quantitative estimate of drug-likeness (QED) is 0.477. The standard InChI is InChI=1S/C12H22N2O5/c1-3-19-7-6-14-10(15)4-5-13-11(16)8-9(2)12(17)18/h9H,3-8H2,1-2H3,(H,13,16)(H,14,15)(H,17,18). The molecule has 1 unspecified atom stereocenters. The first-order chi connectivity index (χ1) is 8.97. The van der Waals surface area contributed by atoms with Crippen LogP contribution in [0.5, 0.6) is 0 Å². The summed E-state index contributed by atoms with van der Waals surface area (Å²) in [5.41, 5.74) is 0. The molecule has 0 aliphatic rings. The number of nitrogens with one attached hydrogen (secondary N) is 2. The van der Waals surface area contributed by atoms with Gasteiger partial charge in [-0.2, -0.15) is 0 Å². The Kier molecular flexibility index (Phi) is 9.42. The summed E-state index contributed by atoms with van der Waals surface area (Å²) in [5.74, 6) is -2.27. The fourth-order valence-electron chi connectivity index (χ4n) is 1.25. The van der Waals surface area contributed by atoms with Gasteiger partial charge in [-0.05, 0) is 6.92 Å². The molecule has 0 heterocycles. The molecule has 7 nitrogen and oxygen atoms in total. The molecule has 0 radical (unpaired) electrons. The lowest BCUT2D eigenvalue weighted by Crippen LogP contribution is -2.33. The molecule has 19 heavy (non-hydrogen) atoms. The highest BCUT2D eigenvalue weighted by Crippen LogP contribution is 2.00. The highest BCUT2D eigenvalue weighted by Gasteiger charge is 2.15. The van der Waals surface area contributed by atoms with Gasteiger partial charge in [-0.25, -0.2) is 0 Å². The van der Waals surface area contributed by atoms with Gasteiger partial charge in [0.15, 0.2) is 0 Å². The average molecular weight is 274 g/mol. The minimum absolute atomic E-state index is 0.0821. The van der Waals surface area contributed by atoms with Crippen LogP contribution in [0.3, 0.4) is 0 Å². The maximum absolute atomic E-state index is 11.3. The van der Waals surface area contributed by atoms with Gasteiger partial charge in [-0.15, -0.1) is 0 Å². The zero-order chi connectivity index (χ0) is 14.7. The molecule has 7 heteroatoms. The van der Waals surface area contributed by atoms with Gasteiger partial charge >= 0.3 is 5.97 Å². The normalized spacial score (nSPS) is 11.7. The van der Waals surface area contributed by atoms with Gasteiger partial charge in [0.2, 0.25) is 11.8 Å². The molecule has 0 aromatic heterocycles. The molecule has 0 aliphatic heterocycles. The molecule has 0 aromatic carbocycles. The number of amides is 2. The molecule has 1 atom stereocenters. The summed E-state index contributed by atoms with van der Waals surface area (Å²) in [6.07, 6.45) is 0.0839. The summed E-state index contributed by atoms with van der Waals surface area (Å²) in [6.45, 7) is 5.04.